The van der Waals surface area contributed by atoms with E-state index in [0.29, 0.717) is 6.42 Å². The van der Waals surface area contributed by atoms with E-state index in [0.717, 1.165) is 55.6 Å². The number of carbonyl (C=O) groups is 2. The molecule has 0 spiro atoms. The lowest BCUT2D eigenvalue weighted by molar-refractivity contribution is 0.0650. The van der Waals surface area contributed by atoms with E-state index in [2.05, 4.69) is 20.8 Å². The summed E-state index contributed by atoms with van der Waals surface area (Å²) in [4.78, 5) is 23.2. The van der Waals surface area contributed by atoms with Crippen LogP contribution in [0.1, 0.15) is 110 Å². The Hall–Kier alpha value is -1.84. The molecule has 0 radical (unpaired) electrons. The predicted molar refractivity (Wildman–Crippen MR) is 110 cm³/mol. The average Bonchev–Trinajstić information content (AvgIpc) is 2.61. The van der Waals surface area contributed by atoms with E-state index in [1.807, 2.05) is 6.07 Å². The number of hydrogen-bond donors (Lipinski definition) is 2. The quantitative estimate of drug-likeness (QED) is 0.371. The van der Waals surface area contributed by atoms with Crippen molar-refractivity contribution in [1.82, 2.24) is 0 Å². The van der Waals surface area contributed by atoms with Crippen molar-refractivity contribution in [3.8, 4) is 0 Å². The molecule has 0 atom stereocenters. The van der Waals surface area contributed by atoms with Crippen LogP contribution in [-0.2, 0) is 12.8 Å². The maximum atomic E-state index is 11.8. The van der Waals surface area contributed by atoms with E-state index in [9.17, 15) is 19.8 Å². The van der Waals surface area contributed by atoms with Crippen molar-refractivity contribution in [2.75, 3.05) is 0 Å². The Labute approximate surface area is 164 Å². The van der Waals surface area contributed by atoms with Crippen LogP contribution in [0, 0.1) is 5.92 Å². The summed E-state index contributed by atoms with van der Waals surface area (Å²) in [5.74, 6) is -1.53. The summed E-state index contributed by atoms with van der Waals surface area (Å²) >= 11 is 0. The average molecular weight is 377 g/mol. The van der Waals surface area contributed by atoms with E-state index in [4.69, 9.17) is 0 Å². The molecule has 0 aliphatic carbocycles. The van der Waals surface area contributed by atoms with Gasteiger partial charge in [-0.25, -0.2) is 9.59 Å². The van der Waals surface area contributed by atoms with Gasteiger partial charge in [0.2, 0.25) is 0 Å². The van der Waals surface area contributed by atoms with Gasteiger partial charge in [0.15, 0.2) is 0 Å². The highest BCUT2D eigenvalue weighted by molar-refractivity contribution is 6.03. The van der Waals surface area contributed by atoms with E-state index in [-0.39, 0.29) is 11.1 Å². The van der Waals surface area contributed by atoms with Crippen LogP contribution in [0.4, 0.5) is 0 Å². The largest absolute Gasteiger partial charge is 0.478 e. The van der Waals surface area contributed by atoms with E-state index < -0.39 is 11.9 Å². The summed E-state index contributed by atoms with van der Waals surface area (Å²) in [6.07, 6.45) is 11.6. The van der Waals surface area contributed by atoms with Gasteiger partial charge < -0.3 is 10.2 Å². The van der Waals surface area contributed by atoms with E-state index in [1.54, 1.807) is 0 Å². The van der Waals surface area contributed by atoms with Crippen LogP contribution in [0.2, 0.25) is 0 Å². The molecule has 27 heavy (non-hydrogen) atoms. The summed E-state index contributed by atoms with van der Waals surface area (Å²) in [7, 11) is 0. The highest BCUT2D eigenvalue weighted by Gasteiger charge is 2.22. The summed E-state index contributed by atoms with van der Waals surface area (Å²) in [6, 6.07) is 3.27. The number of carboxylic acid groups (broad SMARTS) is 2. The SMILES string of the molecule is CCCCc1ccc(C(=O)O)c(C(=O)O)c1CCCCCCCCC(C)C. The second kappa shape index (κ2) is 12.5. The first-order valence-electron chi connectivity index (χ1n) is 10.5. The highest BCUT2D eigenvalue weighted by atomic mass is 16.4. The molecule has 0 heterocycles. The molecule has 1 aromatic carbocycles. The number of aryl methyl sites for hydroxylation is 1. The van der Waals surface area contributed by atoms with Crippen LogP contribution in [0.3, 0.4) is 0 Å². The lowest BCUT2D eigenvalue weighted by Gasteiger charge is -2.15. The van der Waals surface area contributed by atoms with Gasteiger partial charge in [0.25, 0.3) is 0 Å². The Bertz CT molecular complexity index is 605. The third kappa shape index (κ3) is 8.15. The molecule has 0 aliphatic rings. The minimum absolute atomic E-state index is 0.00645. The van der Waals surface area contributed by atoms with Gasteiger partial charge in [-0.1, -0.05) is 71.8 Å². The number of benzene rings is 1. The lowest BCUT2D eigenvalue weighted by atomic mass is 9.89. The minimum atomic E-state index is -1.17. The zero-order chi connectivity index (χ0) is 20.2. The normalized spacial score (nSPS) is 11.1. The van der Waals surface area contributed by atoms with Crippen molar-refractivity contribution >= 4 is 11.9 Å². The molecule has 0 amide bonds. The fraction of sp³-hybridized carbons (Fsp3) is 0.652. The third-order valence-electron chi connectivity index (χ3n) is 5.11. The molecule has 0 fully saturated rings. The van der Waals surface area contributed by atoms with Crippen molar-refractivity contribution in [3.63, 3.8) is 0 Å². The van der Waals surface area contributed by atoms with E-state index in [1.165, 1.54) is 31.7 Å². The third-order valence-corrected chi connectivity index (χ3v) is 5.11. The van der Waals surface area contributed by atoms with Crippen molar-refractivity contribution in [2.45, 2.75) is 91.4 Å². The van der Waals surface area contributed by atoms with Crippen LogP contribution >= 0.6 is 0 Å². The molecule has 2 N–H and O–H groups in total. The molecule has 0 saturated heterocycles. The van der Waals surface area contributed by atoms with Gasteiger partial charge in [-0.3, -0.25) is 0 Å². The minimum Gasteiger partial charge on any atom is -0.478 e. The summed E-state index contributed by atoms with van der Waals surface area (Å²) < 4.78 is 0. The maximum Gasteiger partial charge on any atom is 0.336 e. The highest BCUT2D eigenvalue weighted by Crippen LogP contribution is 2.24. The molecular formula is C23H36O4. The van der Waals surface area contributed by atoms with Gasteiger partial charge in [-0.05, 0) is 48.8 Å². The molecular weight excluding hydrogens is 340 g/mol. The first kappa shape index (κ1) is 23.2. The summed E-state index contributed by atoms with van der Waals surface area (Å²) in [5, 5.41) is 19.0. The van der Waals surface area contributed by atoms with Crippen molar-refractivity contribution in [3.05, 3.63) is 34.4 Å². The monoisotopic (exact) mass is 376 g/mol. The van der Waals surface area contributed by atoms with Crippen molar-refractivity contribution < 1.29 is 19.8 Å². The number of aromatic carboxylic acids is 2. The maximum absolute atomic E-state index is 11.8. The topological polar surface area (TPSA) is 74.6 Å². The first-order valence-corrected chi connectivity index (χ1v) is 10.5. The van der Waals surface area contributed by atoms with Crippen molar-refractivity contribution in [1.29, 1.82) is 0 Å². The van der Waals surface area contributed by atoms with Crippen LogP contribution in [0.25, 0.3) is 0 Å². The van der Waals surface area contributed by atoms with Gasteiger partial charge in [-0.2, -0.15) is 0 Å². The smallest absolute Gasteiger partial charge is 0.336 e. The molecule has 4 nitrogen and oxygen atoms in total. The molecule has 0 bridgehead atoms. The van der Waals surface area contributed by atoms with Crippen LogP contribution < -0.4 is 0 Å². The number of rotatable bonds is 14. The van der Waals surface area contributed by atoms with Gasteiger partial charge >= 0.3 is 11.9 Å². The van der Waals surface area contributed by atoms with Gasteiger partial charge in [0.1, 0.15) is 0 Å². The lowest BCUT2D eigenvalue weighted by Crippen LogP contribution is -2.14. The molecule has 0 saturated carbocycles. The molecule has 1 aromatic rings. The van der Waals surface area contributed by atoms with Gasteiger partial charge in [0, 0.05) is 0 Å². The summed E-state index contributed by atoms with van der Waals surface area (Å²) in [5.41, 5.74) is 1.63. The first-order chi connectivity index (χ1) is 12.9. The number of unbranched alkanes of at least 4 members (excludes halogenated alkanes) is 6. The Morgan fingerprint density at radius 2 is 1.48 bits per heavy atom. The molecule has 0 unspecified atom stereocenters. The fourth-order valence-corrected chi connectivity index (χ4v) is 3.56. The Morgan fingerprint density at radius 3 is 2.04 bits per heavy atom. The summed E-state index contributed by atoms with van der Waals surface area (Å²) in [6.45, 7) is 6.60. The van der Waals surface area contributed by atoms with Crippen LogP contribution in [0.5, 0.6) is 0 Å². The van der Waals surface area contributed by atoms with Crippen LogP contribution in [0.15, 0.2) is 12.1 Å². The standard InChI is InChI=1S/C23H36O4/c1-4-5-13-18-15-16-20(22(24)25)21(23(26)27)19(18)14-11-9-7-6-8-10-12-17(2)3/h15-17H,4-14H2,1-3H3,(H,24,25)(H,26,27). The number of carboxylic acids is 2. The molecule has 0 aliphatic heterocycles. The molecule has 1 rings (SSSR count). The molecule has 152 valence electrons. The second-order valence-electron chi connectivity index (χ2n) is 7.89. The zero-order valence-corrected chi connectivity index (χ0v) is 17.2. The Balaban J connectivity index is 2.73. The Kier molecular flexibility index (Phi) is 10.8. The van der Waals surface area contributed by atoms with Gasteiger partial charge in [-0.15, -0.1) is 0 Å². The van der Waals surface area contributed by atoms with Crippen molar-refractivity contribution in [2.24, 2.45) is 5.92 Å². The fourth-order valence-electron chi connectivity index (χ4n) is 3.56. The molecule has 0 aromatic heterocycles. The number of hydrogen-bond acceptors (Lipinski definition) is 2. The van der Waals surface area contributed by atoms with E-state index >= 15 is 0 Å². The van der Waals surface area contributed by atoms with Crippen LogP contribution in [-0.4, -0.2) is 22.2 Å². The Morgan fingerprint density at radius 1 is 0.852 bits per heavy atom. The zero-order valence-electron chi connectivity index (χ0n) is 17.2. The van der Waals surface area contributed by atoms with Gasteiger partial charge in [0.05, 0.1) is 11.1 Å². The predicted octanol–water partition coefficient (Wildman–Crippen LogP) is 6.35. The second-order valence-corrected chi connectivity index (χ2v) is 7.89. The molecule has 4 heteroatoms.